The zero-order valence-corrected chi connectivity index (χ0v) is 20.8. The molecule has 1 amide bonds. The van der Waals surface area contributed by atoms with E-state index in [1.54, 1.807) is 55.5 Å². The summed E-state index contributed by atoms with van der Waals surface area (Å²) in [6.45, 7) is 6.21. The minimum absolute atomic E-state index is 0.159. The number of amides is 1. The maximum absolute atomic E-state index is 12.8. The summed E-state index contributed by atoms with van der Waals surface area (Å²) in [6.07, 6.45) is 0. The van der Waals surface area contributed by atoms with Gasteiger partial charge in [-0.2, -0.15) is 0 Å². The first-order chi connectivity index (χ1) is 16.7. The molecule has 0 aliphatic carbocycles. The van der Waals surface area contributed by atoms with E-state index in [2.05, 4.69) is 17.2 Å². The van der Waals surface area contributed by atoms with Crippen LogP contribution in [0.1, 0.15) is 45.8 Å². The van der Waals surface area contributed by atoms with Crippen LogP contribution in [0.2, 0.25) is 0 Å². The molecule has 0 bridgehead atoms. The number of nitrogens with one attached hydrogen (secondary N) is 1. The number of benzene rings is 3. The van der Waals surface area contributed by atoms with Gasteiger partial charge >= 0.3 is 0 Å². The van der Waals surface area contributed by atoms with Crippen molar-refractivity contribution in [2.75, 3.05) is 6.54 Å². The van der Waals surface area contributed by atoms with Gasteiger partial charge in [-0.05, 0) is 61.7 Å². The van der Waals surface area contributed by atoms with Gasteiger partial charge in [-0.15, -0.1) is 0 Å². The van der Waals surface area contributed by atoms with Crippen LogP contribution in [0.25, 0.3) is 11.5 Å². The first-order valence-electron chi connectivity index (χ1n) is 11.4. The third-order valence-corrected chi connectivity index (χ3v) is 7.57. The van der Waals surface area contributed by atoms with Gasteiger partial charge in [0, 0.05) is 17.7 Å². The Hall–Kier alpha value is -3.71. The number of hydrogen-bond acceptors (Lipinski definition) is 5. The van der Waals surface area contributed by atoms with E-state index in [0.29, 0.717) is 35.0 Å². The molecule has 6 nitrogen and oxygen atoms in total. The smallest absolute Gasteiger partial charge is 0.251 e. The normalized spacial score (nSPS) is 12.3. The van der Waals surface area contributed by atoms with Crippen LogP contribution >= 0.6 is 0 Å². The highest BCUT2D eigenvalue weighted by Gasteiger charge is 2.21. The van der Waals surface area contributed by atoms with Gasteiger partial charge in [0.05, 0.1) is 10.6 Å². The van der Waals surface area contributed by atoms with Gasteiger partial charge in [-0.3, -0.25) is 4.79 Å². The minimum atomic E-state index is -3.55. The second-order valence-corrected chi connectivity index (χ2v) is 10.7. The topological polar surface area (TPSA) is 89.3 Å². The molecule has 4 aromatic rings. The lowest BCUT2D eigenvalue weighted by atomic mass is 10.0. The van der Waals surface area contributed by atoms with Crippen LogP contribution in [-0.2, 0) is 15.6 Å². The first kappa shape index (κ1) is 24.4. The van der Waals surface area contributed by atoms with E-state index in [1.807, 2.05) is 37.3 Å². The molecule has 0 aliphatic rings. The lowest BCUT2D eigenvalue weighted by Gasteiger charge is -2.13. The molecule has 1 heterocycles. The maximum atomic E-state index is 12.8. The number of aromatic nitrogens is 1. The van der Waals surface area contributed by atoms with Crippen molar-refractivity contribution in [1.82, 2.24) is 10.3 Å². The minimum Gasteiger partial charge on any atom is -0.441 e. The fourth-order valence-electron chi connectivity index (χ4n) is 3.71. The summed E-state index contributed by atoms with van der Waals surface area (Å²) in [6, 6.07) is 23.7. The van der Waals surface area contributed by atoms with Gasteiger partial charge in [-0.1, -0.05) is 55.0 Å². The van der Waals surface area contributed by atoms with Crippen LogP contribution in [0, 0.1) is 13.8 Å². The third-order valence-electron chi connectivity index (χ3n) is 5.93. The molecule has 0 aliphatic heterocycles. The molecule has 0 radical (unpaired) electrons. The molecular formula is C28H28N2O4S. The predicted molar refractivity (Wildman–Crippen MR) is 136 cm³/mol. The third kappa shape index (κ3) is 5.87. The van der Waals surface area contributed by atoms with Crippen molar-refractivity contribution in [2.45, 2.75) is 37.3 Å². The number of carbonyl (C=O) groups is 1. The van der Waals surface area contributed by atoms with Crippen molar-refractivity contribution in [3.63, 3.8) is 0 Å². The largest absolute Gasteiger partial charge is 0.441 e. The SMILES string of the molecule is Cc1ccc(S(=O)(=O)Cc2nc(-c3ccc(C(=O)NC[C@H](C)c4ccccc4)cc3)oc2C)cc1. The second kappa shape index (κ2) is 10.3. The molecule has 180 valence electrons. The molecule has 1 aromatic heterocycles. The fraction of sp³-hybridized carbons (Fsp3) is 0.214. The quantitative estimate of drug-likeness (QED) is 0.355. The van der Waals surface area contributed by atoms with E-state index in [4.69, 9.17) is 4.42 Å². The van der Waals surface area contributed by atoms with E-state index in [0.717, 1.165) is 5.56 Å². The number of hydrogen-bond donors (Lipinski definition) is 1. The van der Waals surface area contributed by atoms with E-state index in [-0.39, 0.29) is 22.5 Å². The summed E-state index contributed by atoms with van der Waals surface area (Å²) in [7, 11) is -3.55. The number of oxazole rings is 1. The zero-order chi connectivity index (χ0) is 25.0. The molecular weight excluding hydrogens is 460 g/mol. The van der Waals surface area contributed by atoms with Crippen LogP contribution in [0.5, 0.6) is 0 Å². The Balaban J connectivity index is 1.42. The van der Waals surface area contributed by atoms with Crippen LogP contribution in [0.3, 0.4) is 0 Å². The van der Waals surface area contributed by atoms with Gasteiger partial charge in [0.2, 0.25) is 5.89 Å². The summed E-state index contributed by atoms with van der Waals surface area (Å²) in [5.41, 5.74) is 3.73. The summed E-state index contributed by atoms with van der Waals surface area (Å²) in [5.74, 6) is 0.566. The highest BCUT2D eigenvalue weighted by Crippen LogP contribution is 2.25. The molecule has 4 rings (SSSR count). The maximum Gasteiger partial charge on any atom is 0.251 e. The highest BCUT2D eigenvalue weighted by molar-refractivity contribution is 7.90. The summed E-state index contributed by atoms with van der Waals surface area (Å²) in [5, 5.41) is 2.97. The molecule has 0 spiro atoms. The zero-order valence-electron chi connectivity index (χ0n) is 20.0. The second-order valence-electron chi connectivity index (χ2n) is 8.69. The van der Waals surface area contributed by atoms with Crippen LogP contribution < -0.4 is 5.32 Å². The Morgan fingerprint density at radius 2 is 1.60 bits per heavy atom. The number of nitrogens with zero attached hydrogens (tertiary/aromatic N) is 1. The standard InChI is InChI=1S/C28H28N2O4S/c1-19-9-15-25(16-10-19)35(32,33)18-26-21(3)34-28(30-26)24-13-11-23(12-14-24)27(31)29-17-20(2)22-7-5-4-6-8-22/h4-16,20H,17-18H2,1-3H3,(H,29,31)/t20-/m0/s1. The average Bonchev–Trinajstić information content (AvgIpc) is 3.22. The lowest BCUT2D eigenvalue weighted by molar-refractivity contribution is 0.0951. The number of aryl methyl sites for hydroxylation is 2. The van der Waals surface area contributed by atoms with Crippen molar-refractivity contribution >= 4 is 15.7 Å². The van der Waals surface area contributed by atoms with Crippen molar-refractivity contribution in [1.29, 1.82) is 0 Å². The molecule has 0 unspecified atom stereocenters. The Labute approximate surface area is 206 Å². The van der Waals surface area contributed by atoms with E-state index in [9.17, 15) is 13.2 Å². The predicted octanol–water partition coefficient (Wildman–Crippen LogP) is 5.47. The van der Waals surface area contributed by atoms with Crippen molar-refractivity contribution in [3.05, 3.63) is 107 Å². The molecule has 0 saturated carbocycles. The van der Waals surface area contributed by atoms with E-state index < -0.39 is 9.84 Å². The van der Waals surface area contributed by atoms with E-state index >= 15 is 0 Å². The molecule has 1 atom stereocenters. The Bertz CT molecular complexity index is 1410. The summed E-state index contributed by atoms with van der Waals surface area (Å²) in [4.78, 5) is 17.3. The molecule has 0 saturated heterocycles. The summed E-state index contributed by atoms with van der Waals surface area (Å²) >= 11 is 0. The van der Waals surface area contributed by atoms with Crippen molar-refractivity contribution < 1.29 is 17.6 Å². The van der Waals surface area contributed by atoms with Gasteiger partial charge in [0.1, 0.15) is 11.5 Å². The van der Waals surface area contributed by atoms with Gasteiger partial charge < -0.3 is 9.73 Å². The van der Waals surface area contributed by atoms with Crippen LogP contribution in [0.15, 0.2) is 88.2 Å². The first-order valence-corrected chi connectivity index (χ1v) is 13.1. The number of sulfone groups is 1. The average molecular weight is 489 g/mol. The van der Waals surface area contributed by atoms with Crippen LogP contribution in [-0.4, -0.2) is 25.9 Å². The van der Waals surface area contributed by atoms with Crippen molar-refractivity contribution in [3.8, 4) is 11.5 Å². The molecule has 1 N–H and O–H groups in total. The highest BCUT2D eigenvalue weighted by atomic mass is 32.2. The van der Waals surface area contributed by atoms with E-state index in [1.165, 1.54) is 5.56 Å². The molecule has 7 heteroatoms. The Morgan fingerprint density at radius 1 is 0.943 bits per heavy atom. The van der Waals surface area contributed by atoms with Crippen LogP contribution in [0.4, 0.5) is 0 Å². The number of rotatable bonds is 8. The Kier molecular flexibility index (Phi) is 7.17. The molecule has 0 fully saturated rings. The van der Waals surface area contributed by atoms with Crippen molar-refractivity contribution in [2.24, 2.45) is 0 Å². The summed E-state index contributed by atoms with van der Waals surface area (Å²) < 4.78 is 31.4. The van der Waals surface area contributed by atoms with Gasteiger partial charge in [0.25, 0.3) is 5.91 Å². The van der Waals surface area contributed by atoms with Gasteiger partial charge in [-0.25, -0.2) is 13.4 Å². The fourth-order valence-corrected chi connectivity index (χ4v) is 5.05. The van der Waals surface area contributed by atoms with Gasteiger partial charge in [0.15, 0.2) is 9.84 Å². The molecule has 3 aromatic carbocycles. The lowest BCUT2D eigenvalue weighted by Crippen LogP contribution is -2.27. The molecule has 35 heavy (non-hydrogen) atoms. The number of carbonyl (C=O) groups excluding carboxylic acids is 1. The Morgan fingerprint density at radius 3 is 2.26 bits per heavy atom. The monoisotopic (exact) mass is 488 g/mol.